The zero-order valence-electron chi connectivity index (χ0n) is 14.3. The Balaban J connectivity index is 1.66. The van der Waals surface area contributed by atoms with E-state index in [1.54, 1.807) is 6.26 Å². The van der Waals surface area contributed by atoms with E-state index in [4.69, 9.17) is 15.1 Å². The van der Waals surface area contributed by atoms with Gasteiger partial charge in [-0.15, -0.1) is 0 Å². The summed E-state index contributed by atoms with van der Waals surface area (Å²) in [6.07, 6.45) is 8.13. The quantitative estimate of drug-likeness (QED) is 0.685. The van der Waals surface area contributed by atoms with Crippen LogP contribution < -0.4 is 5.73 Å². The van der Waals surface area contributed by atoms with Crippen LogP contribution in [0.1, 0.15) is 50.8 Å². The second kappa shape index (κ2) is 7.86. The Labute approximate surface area is 139 Å². The van der Waals surface area contributed by atoms with Crippen LogP contribution in [0.25, 0.3) is 0 Å². The van der Waals surface area contributed by atoms with E-state index in [2.05, 4.69) is 22.8 Å². The van der Waals surface area contributed by atoms with Gasteiger partial charge in [0.1, 0.15) is 5.76 Å². The van der Waals surface area contributed by atoms with Crippen molar-refractivity contribution < 1.29 is 4.42 Å². The molecule has 0 aliphatic carbocycles. The van der Waals surface area contributed by atoms with Gasteiger partial charge in [-0.05, 0) is 56.8 Å². The highest BCUT2D eigenvalue weighted by molar-refractivity contribution is 5.78. The van der Waals surface area contributed by atoms with E-state index in [1.165, 1.54) is 32.1 Å². The van der Waals surface area contributed by atoms with Crippen molar-refractivity contribution in [3.8, 4) is 0 Å². The summed E-state index contributed by atoms with van der Waals surface area (Å²) in [4.78, 5) is 9.47. The SMILES string of the molecule is CC1CCCN(C(N)=NCC(c2ccco2)N2CCCCC2)C1. The molecule has 3 heterocycles. The van der Waals surface area contributed by atoms with Crippen molar-refractivity contribution in [2.24, 2.45) is 16.6 Å². The Morgan fingerprint density at radius 2 is 2.13 bits per heavy atom. The van der Waals surface area contributed by atoms with Crippen LogP contribution in [-0.4, -0.2) is 48.5 Å². The lowest BCUT2D eigenvalue weighted by atomic mass is 10.0. The summed E-state index contributed by atoms with van der Waals surface area (Å²) in [7, 11) is 0. The molecule has 2 saturated heterocycles. The molecule has 5 nitrogen and oxygen atoms in total. The molecule has 3 rings (SSSR count). The molecule has 23 heavy (non-hydrogen) atoms. The summed E-state index contributed by atoms with van der Waals surface area (Å²) >= 11 is 0. The summed E-state index contributed by atoms with van der Waals surface area (Å²) in [6.45, 7) is 7.30. The molecule has 2 N–H and O–H groups in total. The van der Waals surface area contributed by atoms with Crippen LogP contribution in [0.2, 0.25) is 0 Å². The van der Waals surface area contributed by atoms with E-state index in [1.807, 2.05) is 6.07 Å². The van der Waals surface area contributed by atoms with Gasteiger partial charge in [0.15, 0.2) is 5.96 Å². The highest BCUT2D eigenvalue weighted by Crippen LogP contribution is 2.25. The van der Waals surface area contributed by atoms with Crippen LogP contribution in [0.5, 0.6) is 0 Å². The van der Waals surface area contributed by atoms with Crippen molar-refractivity contribution in [1.82, 2.24) is 9.80 Å². The topological polar surface area (TPSA) is 58.0 Å². The van der Waals surface area contributed by atoms with Crippen LogP contribution in [0.4, 0.5) is 0 Å². The molecule has 0 saturated carbocycles. The van der Waals surface area contributed by atoms with Gasteiger partial charge < -0.3 is 15.1 Å². The van der Waals surface area contributed by atoms with Gasteiger partial charge in [-0.2, -0.15) is 0 Å². The minimum absolute atomic E-state index is 0.214. The van der Waals surface area contributed by atoms with Crippen LogP contribution in [0.15, 0.2) is 27.8 Å². The smallest absolute Gasteiger partial charge is 0.191 e. The highest BCUT2D eigenvalue weighted by Gasteiger charge is 2.25. The molecule has 0 radical (unpaired) electrons. The number of rotatable bonds is 4. The average Bonchev–Trinajstić information content (AvgIpc) is 3.10. The number of likely N-dealkylation sites (tertiary alicyclic amines) is 2. The van der Waals surface area contributed by atoms with Crippen LogP contribution in [0, 0.1) is 5.92 Å². The van der Waals surface area contributed by atoms with Crippen LogP contribution in [-0.2, 0) is 0 Å². The summed E-state index contributed by atoms with van der Waals surface area (Å²) in [5.74, 6) is 2.42. The van der Waals surface area contributed by atoms with Crippen molar-refractivity contribution in [1.29, 1.82) is 0 Å². The normalized spacial score (nSPS) is 25.5. The fourth-order valence-electron chi connectivity index (χ4n) is 3.77. The van der Waals surface area contributed by atoms with Crippen molar-refractivity contribution in [3.05, 3.63) is 24.2 Å². The molecule has 0 amide bonds. The molecular formula is C18H30N4O. The van der Waals surface area contributed by atoms with Crippen LogP contribution >= 0.6 is 0 Å². The van der Waals surface area contributed by atoms with Gasteiger partial charge in [0, 0.05) is 13.1 Å². The first-order valence-electron chi connectivity index (χ1n) is 9.06. The van der Waals surface area contributed by atoms with Crippen molar-refractivity contribution in [3.63, 3.8) is 0 Å². The fourth-order valence-corrected chi connectivity index (χ4v) is 3.77. The maximum atomic E-state index is 6.27. The molecule has 5 heteroatoms. The summed E-state index contributed by atoms with van der Waals surface area (Å²) in [5.41, 5.74) is 6.27. The van der Waals surface area contributed by atoms with Crippen molar-refractivity contribution >= 4 is 5.96 Å². The van der Waals surface area contributed by atoms with Gasteiger partial charge >= 0.3 is 0 Å². The first-order chi connectivity index (χ1) is 11.2. The predicted octanol–water partition coefficient (Wildman–Crippen LogP) is 2.85. The van der Waals surface area contributed by atoms with E-state index in [9.17, 15) is 0 Å². The van der Waals surface area contributed by atoms with Gasteiger partial charge in [-0.1, -0.05) is 13.3 Å². The molecule has 0 spiro atoms. The number of furan rings is 1. The second-order valence-corrected chi connectivity index (χ2v) is 7.02. The lowest BCUT2D eigenvalue weighted by molar-refractivity contribution is 0.149. The molecule has 0 aromatic carbocycles. The molecule has 128 valence electrons. The summed E-state index contributed by atoms with van der Waals surface area (Å²) in [6, 6.07) is 4.24. The molecular weight excluding hydrogens is 288 g/mol. The third-order valence-corrected chi connectivity index (χ3v) is 5.11. The number of hydrogen-bond donors (Lipinski definition) is 1. The zero-order valence-corrected chi connectivity index (χ0v) is 14.3. The molecule has 2 aliphatic heterocycles. The van der Waals surface area contributed by atoms with Gasteiger partial charge in [0.05, 0.1) is 18.8 Å². The first-order valence-corrected chi connectivity index (χ1v) is 9.06. The minimum atomic E-state index is 0.214. The molecule has 2 aliphatic rings. The maximum Gasteiger partial charge on any atom is 0.191 e. The Morgan fingerprint density at radius 1 is 1.30 bits per heavy atom. The van der Waals surface area contributed by atoms with E-state index < -0.39 is 0 Å². The monoisotopic (exact) mass is 318 g/mol. The van der Waals surface area contributed by atoms with E-state index in [0.29, 0.717) is 18.4 Å². The Bertz CT molecular complexity index is 493. The number of aliphatic imine (C=N–C) groups is 1. The standard InChI is InChI=1S/C18H30N4O/c1-15-7-5-11-22(14-15)18(19)20-13-16(17-8-6-12-23-17)21-9-3-2-4-10-21/h6,8,12,15-16H,2-5,7,9-11,13-14H2,1H3,(H2,19,20). The second-order valence-electron chi connectivity index (χ2n) is 7.02. The number of nitrogens with two attached hydrogens (primary N) is 1. The largest absolute Gasteiger partial charge is 0.468 e. The molecule has 2 atom stereocenters. The number of guanidine groups is 1. The molecule has 1 aromatic rings. The van der Waals surface area contributed by atoms with Crippen LogP contribution in [0.3, 0.4) is 0 Å². The highest BCUT2D eigenvalue weighted by atomic mass is 16.3. The molecule has 0 bridgehead atoms. The summed E-state index contributed by atoms with van der Waals surface area (Å²) in [5, 5.41) is 0. The Hall–Kier alpha value is -1.49. The van der Waals surface area contributed by atoms with Gasteiger partial charge in [-0.3, -0.25) is 9.89 Å². The third kappa shape index (κ3) is 4.28. The lowest BCUT2D eigenvalue weighted by Crippen LogP contribution is -2.44. The predicted molar refractivity (Wildman–Crippen MR) is 93.3 cm³/mol. The lowest BCUT2D eigenvalue weighted by Gasteiger charge is -2.34. The molecule has 2 unspecified atom stereocenters. The Morgan fingerprint density at radius 3 is 2.83 bits per heavy atom. The van der Waals surface area contributed by atoms with E-state index in [0.717, 1.165) is 31.9 Å². The van der Waals surface area contributed by atoms with E-state index >= 15 is 0 Å². The number of hydrogen-bond acceptors (Lipinski definition) is 3. The number of nitrogens with zero attached hydrogens (tertiary/aromatic N) is 3. The van der Waals surface area contributed by atoms with Crippen molar-refractivity contribution in [2.75, 3.05) is 32.7 Å². The van der Waals surface area contributed by atoms with Gasteiger partial charge in [-0.25, -0.2) is 0 Å². The zero-order chi connectivity index (χ0) is 16.1. The van der Waals surface area contributed by atoms with Gasteiger partial charge in [0.2, 0.25) is 0 Å². The first kappa shape index (κ1) is 16.4. The number of piperidine rings is 2. The third-order valence-electron chi connectivity index (χ3n) is 5.11. The van der Waals surface area contributed by atoms with Crippen molar-refractivity contribution in [2.45, 2.75) is 45.1 Å². The fraction of sp³-hybridized carbons (Fsp3) is 0.722. The maximum absolute atomic E-state index is 6.27. The molecule has 1 aromatic heterocycles. The minimum Gasteiger partial charge on any atom is -0.468 e. The van der Waals surface area contributed by atoms with Gasteiger partial charge in [0.25, 0.3) is 0 Å². The average molecular weight is 318 g/mol. The molecule has 2 fully saturated rings. The van der Waals surface area contributed by atoms with E-state index in [-0.39, 0.29) is 6.04 Å². The Kier molecular flexibility index (Phi) is 5.60. The summed E-state index contributed by atoms with van der Waals surface area (Å²) < 4.78 is 5.68.